The van der Waals surface area contributed by atoms with Crippen molar-refractivity contribution < 1.29 is 0 Å². The molecule has 3 heteroatoms. The van der Waals surface area contributed by atoms with Gasteiger partial charge in [0.25, 0.3) is 0 Å². The van der Waals surface area contributed by atoms with Crippen LogP contribution in [0.2, 0.25) is 0 Å². The first-order chi connectivity index (χ1) is 9.13. The van der Waals surface area contributed by atoms with E-state index in [0.29, 0.717) is 12.1 Å². The van der Waals surface area contributed by atoms with Gasteiger partial charge >= 0.3 is 0 Å². The van der Waals surface area contributed by atoms with Crippen LogP contribution in [-0.2, 0) is 6.54 Å². The Morgan fingerprint density at radius 3 is 2.74 bits per heavy atom. The fraction of sp³-hybridized carbons (Fsp3) is 0.625. The van der Waals surface area contributed by atoms with Crippen LogP contribution in [0.4, 0.5) is 0 Å². The first-order valence-corrected chi connectivity index (χ1v) is 7.30. The molecule has 1 aliphatic heterocycles. The van der Waals surface area contributed by atoms with Gasteiger partial charge in [-0.25, -0.2) is 0 Å². The van der Waals surface area contributed by atoms with Crippen LogP contribution in [0.1, 0.15) is 18.9 Å². The highest BCUT2D eigenvalue weighted by Gasteiger charge is 2.23. The molecule has 2 atom stereocenters. The van der Waals surface area contributed by atoms with E-state index >= 15 is 0 Å². The Kier molecular flexibility index (Phi) is 5.37. The highest BCUT2D eigenvalue weighted by molar-refractivity contribution is 5.14. The lowest BCUT2D eigenvalue weighted by atomic mass is 10.2. The van der Waals surface area contributed by atoms with Gasteiger partial charge in [0.05, 0.1) is 0 Å². The Morgan fingerprint density at radius 2 is 2.05 bits per heavy atom. The normalized spacial score (nSPS) is 22.0. The maximum Gasteiger partial charge on any atom is 0.0234 e. The number of nitrogens with one attached hydrogen (secondary N) is 1. The molecular weight excluding hydrogens is 234 g/mol. The van der Waals surface area contributed by atoms with Crippen molar-refractivity contribution in [3.63, 3.8) is 0 Å². The molecule has 1 heterocycles. The minimum absolute atomic E-state index is 0.566. The Bertz CT molecular complexity index is 364. The molecule has 0 amide bonds. The standard InChI is InChI=1S/C16H27N3/c1-14(11-18(2)3)17-16-9-10-19(13-16)12-15-7-5-4-6-8-15/h4-8,14,16-17H,9-13H2,1-3H3. The van der Waals surface area contributed by atoms with Crippen molar-refractivity contribution in [1.82, 2.24) is 15.1 Å². The maximum absolute atomic E-state index is 3.74. The summed E-state index contributed by atoms with van der Waals surface area (Å²) in [5.41, 5.74) is 1.42. The van der Waals surface area contributed by atoms with Crippen molar-refractivity contribution in [3.8, 4) is 0 Å². The van der Waals surface area contributed by atoms with Gasteiger partial charge in [0.1, 0.15) is 0 Å². The molecule has 0 bridgehead atoms. The van der Waals surface area contributed by atoms with Crippen LogP contribution in [-0.4, -0.2) is 55.6 Å². The summed E-state index contributed by atoms with van der Waals surface area (Å²) in [5, 5.41) is 3.74. The Hall–Kier alpha value is -0.900. The second-order valence-electron chi connectivity index (χ2n) is 6.04. The van der Waals surface area contributed by atoms with Gasteiger partial charge in [-0.2, -0.15) is 0 Å². The minimum Gasteiger partial charge on any atom is -0.309 e. The predicted octanol–water partition coefficient (Wildman–Crippen LogP) is 1.80. The average Bonchev–Trinajstić information content (AvgIpc) is 2.76. The summed E-state index contributed by atoms with van der Waals surface area (Å²) in [5.74, 6) is 0. The summed E-state index contributed by atoms with van der Waals surface area (Å²) in [4.78, 5) is 4.80. The van der Waals surface area contributed by atoms with Crippen molar-refractivity contribution in [2.24, 2.45) is 0 Å². The molecule has 0 spiro atoms. The van der Waals surface area contributed by atoms with Crippen LogP contribution in [0.5, 0.6) is 0 Å². The lowest BCUT2D eigenvalue weighted by Crippen LogP contribution is -2.43. The summed E-state index contributed by atoms with van der Waals surface area (Å²) in [6, 6.07) is 12.0. The van der Waals surface area contributed by atoms with E-state index < -0.39 is 0 Å². The Balaban J connectivity index is 1.74. The zero-order chi connectivity index (χ0) is 13.7. The van der Waals surface area contributed by atoms with Gasteiger partial charge in [0.15, 0.2) is 0 Å². The van der Waals surface area contributed by atoms with E-state index in [-0.39, 0.29) is 0 Å². The summed E-state index contributed by atoms with van der Waals surface area (Å²) in [6.07, 6.45) is 1.27. The number of likely N-dealkylation sites (N-methyl/N-ethyl adjacent to an activating group) is 1. The molecule has 1 aliphatic rings. The lowest BCUT2D eigenvalue weighted by molar-refractivity contribution is 0.300. The molecule has 19 heavy (non-hydrogen) atoms. The van der Waals surface area contributed by atoms with Gasteiger partial charge < -0.3 is 10.2 Å². The zero-order valence-electron chi connectivity index (χ0n) is 12.5. The topological polar surface area (TPSA) is 18.5 Å². The van der Waals surface area contributed by atoms with Crippen LogP contribution >= 0.6 is 0 Å². The van der Waals surface area contributed by atoms with Crippen LogP contribution in [0.25, 0.3) is 0 Å². The summed E-state index contributed by atoms with van der Waals surface area (Å²) < 4.78 is 0. The van der Waals surface area contributed by atoms with E-state index in [0.717, 1.165) is 13.1 Å². The average molecular weight is 261 g/mol. The van der Waals surface area contributed by atoms with E-state index in [1.807, 2.05) is 0 Å². The van der Waals surface area contributed by atoms with Gasteiger partial charge in [0.2, 0.25) is 0 Å². The van der Waals surface area contributed by atoms with Crippen molar-refractivity contribution in [1.29, 1.82) is 0 Å². The van der Waals surface area contributed by atoms with E-state index in [1.165, 1.54) is 25.1 Å². The van der Waals surface area contributed by atoms with Crippen molar-refractivity contribution in [3.05, 3.63) is 35.9 Å². The number of likely N-dealkylation sites (tertiary alicyclic amines) is 1. The number of benzene rings is 1. The van der Waals surface area contributed by atoms with E-state index in [4.69, 9.17) is 0 Å². The first-order valence-electron chi connectivity index (χ1n) is 7.30. The molecule has 1 aromatic carbocycles. The first kappa shape index (κ1) is 14.5. The summed E-state index contributed by atoms with van der Waals surface area (Å²) in [7, 11) is 4.27. The third-order valence-corrected chi connectivity index (χ3v) is 3.68. The third-order valence-electron chi connectivity index (χ3n) is 3.68. The molecule has 3 nitrogen and oxygen atoms in total. The second kappa shape index (κ2) is 7.04. The van der Waals surface area contributed by atoms with E-state index in [1.54, 1.807) is 0 Å². The van der Waals surface area contributed by atoms with Crippen molar-refractivity contribution in [2.75, 3.05) is 33.7 Å². The number of rotatable bonds is 6. The lowest BCUT2D eigenvalue weighted by Gasteiger charge is -2.23. The molecule has 1 N–H and O–H groups in total. The van der Waals surface area contributed by atoms with Crippen LogP contribution in [0.3, 0.4) is 0 Å². The summed E-state index contributed by atoms with van der Waals surface area (Å²) in [6.45, 7) is 6.85. The molecule has 1 fully saturated rings. The molecule has 2 unspecified atom stereocenters. The molecule has 106 valence electrons. The smallest absolute Gasteiger partial charge is 0.0234 e. The van der Waals surface area contributed by atoms with Crippen LogP contribution in [0, 0.1) is 0 Å². The number of hydrogen-bond donors (Lipinski definition) is 1. The molecule has 0 aliphatic carbocycles. The molecule has 0 aromatic heterocycles. The van der Waals surface area contributed by atoms with Gasteiger partial charge in [-0.3, -0.25) is 4.90 Å². The van der Waals surface area contributed by atoms with Gasteiger partial charge in [-0.15, -0.1) is 0 Å². The molecular formula is C16H27N3. The SMILES string of the molecule is CC(CN(C)C)NC1CCN(Cc2ccccc2)C1. The summed E-state index contributed by atoms with van der Waals surface area (Å²) >= 11 is 0. The largest absolute Gasteiger partial charge is 0.309 e. The van der Waals surface area contributed by atoms with Gasteiger partial charge in [-0.05, 0) is 33.0 Å². The molecule has 1 aromatic rings. The third kappa shape index (κ3) is 4.94. The Morgan fingerprint density at radius 1 is 1.32 bits per heavy atom. The molecule has 1 saturated heterocycles. The highest BCUT2D eigenvalue weighted by Crippen LogP contribution is 2.13. The van der Waals surface area contributed by atoms with Gasteiger partial charge in [-0.1, -0.05) is 30.3 Å². The van der Waals surface area contributed by atoms with Crippen LogP contribution < -0.4 is 5.32 Å². The Labute approximate surface area is 117 Å². The molecule has 2 rings (SSSR count). The van der Waals surface area contributed by atoms with Gasteiger partial charge in [0, 0.05) is 38.3 Å². The number of hydrogen-bond acceptors (Lipinski definition) is 3. The second-order valence-corrected chi connectivity index (χ2v) is 6.04. The van der Waals surface area contributed by atoms with Crippen molar-refractivity contribution in [2.45, 2.75) is 32.0 Å². The number of nitrogens with zero attached hydrogens (tertiary/aromatic N) is 2. The van der Waals surface area contributed by atoms with E-state index in [2.05, 4.69) is 66.5 Å². The van der Waals surface area contributed by atoms with Crippen LogP contribution in [0.15, 0.2) is 30.3 Å². The molecule has 0 saturated carbocycles. The maximum atomic E-state index is 3.74. The fourth-order valence-electron chi connectivity index (χ4n) is 2.96. The fourth-order valence-corrected chi connectivity index (χ4v) is 2.96. The zero-order valence-corrected chi connectivity index (χ0v) is 12.5. The quantitative estimate of drug-likeness (QED) is 0.842. The predicted molar refractivity (Wildman–Crippen MR) is 81.3 cm³/mol. The highest BCUT2D eigenvalue weighted by atomic mass is 15.2. The van der Waals surface area contributed by atoms with Crippen molar-refractivity contribution >= 4 is 0 Å². The van der Waals surface area contributed by atoms with E-state index in [9.17, 15) is 0 Å². The monoisotopic (exact) mass is 261 g/mol. The molecule has 0 radical (unpaired) electrons. The minimum atomic E-state index is 0.566.